The zero-order valence-corrected chi connectivity index (χ0v) is 18.5. The van der Waals surface area contributed by atoms with Crippen LogP contribution in [-0.4, -0.2) is 12.5 Å². The number of nitrogens with one attached hydrogen (secondary N) is 2. The third-order valence-electron chi connectivity index (χ3n) is 6.50. The number of aryl methyl sites for hydroxylation is 1. The zero-order chi connectivity index (χ0) is 22.1. The van der Waals surface area contributed by atoms with E-state index in [0.29, 0.717) is 24.0 Å². The fourth-order valence-corrected chi connectivity index (χ4v) is 4.91. The molecule has 0 spiro atoms. The number of rotatable bonds is 5. The van der Waals surface area contributed by atoms with Crippen LogP contribution in [0.4, 0.5) is 11.4 Å². The molecule has 3 atom stereocenters. The third kappa shape index (κ3) is 3.77. The second-order valence-corrected chi connectivity index (χ2v) is 8.57. The van der Waals surface area contributed by atoms with Gasteiger partial charge in [-0.1, -0.05) is 54.1 Å². The lowest BCUT2D eigenvalue weighted by molar-refractivity contribution is 0.102. The number of ether oxygens (including phenoxy) is 1. The van der Waals surface area contributed by atoms with Crippen molar-refractivity contribution in [2.75, 3.05) is 17.2 Å². The molecule has 2 aliphatic rings. The van der Waals surface area contributed by atoms with Gasteiger partial charge in [0.25, 0.3) is 5.91 Å². The van der Waals surface area contributed by atoms with Crippen LogP contribution in [0.15, 0.2) is 78.9 Å². The molecule has 0 radical (unpaired) electrons. The van der Waals surface area contributed by atoms with Gasteiger partial charge in [0.1, 0.15) is 5.75 Å². The zero-order valence-electron chi connectivity index (χ0n) is 18.5. The highest BCUT2D eigenvalue weighted by Gasteiger charge is 2.39. The Morgan fingerprint density at radius 3 is 2.59 bits per heavy atom. The molecule has 1 aliphatic heterocycles. The predicted molar refractivity (Wildman–Crippen MR) is 130 cm³/mol. The lowest BCUT2D eigenvalue weighted by Gasteiger charge is -2.38. The molecule has 3 aromatic rings. The lowest BCUT2D eigenvalue weighted by atomic mass is 9.76. The van der Waals surface area contributed by atoms with Crippen molar-refractivity contribution in [3.8, 4) is 5.75 Å². The van der Waals surface area contributed by atoms with Gasteiger partial charge in [-0.2, -0.15) is 0 Å². The van der Waals surface area contributed by atoms with E-state index in [4.69, 9.17) is 4.74 Å². The fraction of sp³-hybridized carbons (Fsp3) is 0.250. The molecule has 1 aliphatic carbocycles. The molecule has 0 fully saturated rings. The van der Waals surface area contributed by atoms with Crippen LogP contribution in [0, 0.1) is 12.8 Å². The summed E-state index contributed by atoms with van der Waals surface area (Å²) in [4.78, 5) is 13.3. The van der Waals surface area contributed by atoms with Crippen molar-refractivity contribution in [1.82, 2.24) is 0 Å². The molecule has 5 rings (SSSR count). The number of amides is 1. The van der Waals surface area contributed by atoms with Crippen LogP contribution in [0.2, 0.25) is 0 Å². The van der Waals surface area contributed by atoms with Crippen molar-refractivity contribution < 1.29 is 9.53 Å². The van der Waals surface area contributed by atoms with Crippen molar-refractivity contribution in [2.45, 2.75) is 32.2 Å². The molecule has 2 N–H and O–H groups in total. The van der Waals surface area contributed by atoms with E-state index < -0.39 is 0 Å². The lowest BCUT2D eigenvalue weighted by Crippen LogP contribution is -2.30. The molecule has 3 aromatic carbocycles. The van der Waals surface area contributed by atoms with E-state index in [2.05, 4.69) is 60.0 Å². The fourth-order valence-electron chi connectivity index (χ4n) is 4.91. The number of hydrogen-bond donors (Lipinski definition) is 2. The van der Waals surface area contributed by atoms with Gasteiger partial charge in [0, 0.05) is 11.6 Å². The van der Waals surface area contributed by atoms with Gasteiger partial charge in [-0.3, -0.25) is 4.79 Å². The summed E-state index contributed by atoms with van der Waals surface area (Å²) >= 11 is 0. The standard InChI is InChI=1S/C28H28N2O2/c1-3-32-21-16-14-20(15-17-21)29-28(31)25-9-5-8-24-22-6-4-7-23(22)26(30-27(24)25)19-12-10-18(2)11-13-19/h4-6,8-17,22-23,26,30H,3,7H2,1-2H3,(H,29,31). The first-order chi connectivity index (χ1) is 15.6. The molecule has 0 bridgehead atoms. The van der Waals surface area contributed by atoms with Gasteiger partial charge in [-0.15, -0.1) is 0 Å². The molecule has 1 heterocycles. The molecule has 4 heteroatoms. The molecular weight excluding hydrogens is 396 g/mol. The van der Waals surface area contributed by atoms with Crippen LogP contribution in [0.1, 0.15) is 52.4 Å². The largest absolute Gasteiger partial charge is 0.494 e. The highest BCUT2D eigenvalue weighted by Crippen LogP contribution is 2.50. The Kier molecular flexibility index (Phi) is 5.44. The molecule has 0 aromatic heterocycles. The maximum Gasteiger partial charge on any atom is 0.257 e. The molecule has 0 saturated heterocycles. The first kappa shape index (κ1) is 20.4. The quantitative estimate of drug-likeness (QED) is 0.461. The van der Waals surface area contributed by atoms with E-state index in [0.717, 1.165) is 23.5 Å². The minimum Gasteiger partial charge on any atom is -0.494 e. The monoisotopic (exact) mass is 424 g/mol. The highest BCUT2D eigenvalue weighted by molar-refractivity contribution is 6.08. The summed E-state index contributed by atoms with van der Waals surface area (Å²) in [7, 11) is 0. The molecule has 1 amide bonds. The van der Waals surface area contributed by atoms with Gasteiger partial charge >= 0.3 is 0 Å². The molecule has 162 valence electrons. The van der Waals surface area contributed by atoms with Crippen LogP contribution in [0.3, 0.4) is 0 Å². The highest BCUT2D eigenvalue weighted by atomic mass is 16.5. The van der Waals surface area contributed by atoms with Gasteiger partial charge in [0.2, 0.25) is 0 Å². The van der Waals surface area contributed by atoms with E-state index in [1.54, 1.807) is 0 Å². The van der Waals surface area contributed by atoms with Crippen molar-refractivity contribution in [1.29, 1.82) is 0 Å². The molecule has 32 heavy (non-hydrogen) atoms. The Bertz CT molecular complexity index is 1150. The summed E-state index contributed by atoms with van der Waals surface area (Å²) in [6, 6.07) is 22.4. The van der Waals surface area contributed by atoms with Crippen LogP contribution in [0.5, 0.6) is 5.75 Å². The van der Waals surface area contributed by atoms with Gasteiger partial charge in [0.05, 0.1) is 23.9 Å². The second-order valence-electron chi connectivity index (χ2n) is 8.57. The minimum absolute atomic E-state index is 0.110. The molecule has 4 nitrogen and oxygen atoms in total. The Morgan fingerprint density at radius 2 is 1.84 bits per heavy atom. The number of fused-ring (bicyclic) bond motifs is 3. The average molecular weight is 425 g/mol. The number of anilines is 2. The third-order valence-corrected chi connectivity index (χ3v) is 6.50. The number of para-hydroxylation sites is 1. The van der Waals surface area contributed by atoms with E-state index in [-0.39, 0.29) is 11.9 Å². The summed E-state index contributed by atoms with van der Waals surface area (Å²) < 4.78 is 5.50. The van der Waals surface area contributed by atoms with Gasteiger partial charge in [-0.25, -0.2) is 0 Å². The van der Waals surface area contributed by atoms with Crippen molar-refractivity contribution in [3.63, 3.8) is 0 Å². The summed E-state index contributed by atoms with van der Waals surface area (Å²) in [5.41, 5.74) is 6.08. The Balaban J connectivity index is 1.46. The van der Waals surface area contributed by atoms with Gasteiger partial charge in [0.15, 0.2) is 0 Å². The maximum atomic E-state index is 13.3. The Hall–Kier alpha value is -3.53. The van der Waals surface area contributed by atoms with Crippen molar-refractivity contribution in [2.24, 2.45) is 5.92 Å². The predicted octanol–water partition coefficient (Wildman–Crippen LogP) is 6.47. The molecule has 3 unspecified atom stereocenters. The first-order valence-electron chi connectivity index (χ1n) is 11.3. The topological polar surface area (TPSA) is 50.4 Å². The Morgan fingerprint density at radius 1 is 1.06 bits per heavy atom. The van der Waals surface area contributed by atoms with Gasteiger partial charge in [-0.05, 0) is 67.6 Å². The Labute approximate surface area is 189 Å². The van der Waals surface area contributed by atoms with E-state index in [9.17, 15) is 4.79 Å². The number of hydrogen-bond acceptors (Lipinski definition) is 3. The van der Waals surface area contributed by atoms with Crippen LogP contribution >= 0.6 is 0 Å². The normalized spacial score (nSPS) is 20.8. The average Bonchev–Trinajstić information content (AvgIpc) is 3.30. The summed E-state index contributed by atoms with van der Waals surface area (Å²) in [5, 5.41) is 6.79. The number of allylic oxidation sites excluding steroid dienone is 2. The molecular formula is C28H28N2O2. The van der Waals surface area contributed by atoms with Crippen LogP contribution in [-0.2, 0) is 0 Å². The van der Waals surface area contributed by atoms with Crippen LogP contribution < -0.4 is 15.4 Å². The molecule has 0 saturated carbocycles. The summed E-state index contributed by atoms with van der Waals surface area (Å²) in [6.07, 6.45) is 5.62. The van der Waals surface area contributed by atoms with E-state index in [1.165, 1.54) is 16.7 Å². The smallest absolute Gasteiger partial charge is 0.257 e. The second kappa shape index (κ2) is 8.54. The van der Waals surface area contributed by atoms with Crippen molar-refractivity contribution >= 4 is 17.3 Å². The van der Waals surface area contributed by atoms with Crippen molar-refractivity contribution in [3.05, 3.63) is 101 Å². The maximum absolute atomic E-state index is 13.3. The first-order valence-corrected chi connectivity index (χ1v) is 11.3. The van der Waals surface area contributed by atoms with Crippen LogP contribution in [0.25, 0.3) is 0 Å². The minimum atomic E-state index is -0.110. The van der Waals surface area contributed by atoms with Gasteiger partial charge < -0.3 is 15.4 Å². The number of carbonyl (C=O) groups is 1. The summed E-state index contributed by atoms with van der Waals surface area (Å²) in [5.74, 6) is 1.45. The summed E-state index contributed by atoms with van der Waals surface area (Å²) in [6.45, 7) is 4.68. The number of benzene rings is 3. The number of carbonyl (C=O) groups excluding carboxylic acids is 1. The SMILES string of the molecule is CCOc1ccc(NC(=O)c2cccc3c2NC(c2ccc(C)cc2)C2CC=CC32)cc1. The van der Waals surface area contributed by atoms with E-state index in [1.807, 2.05) is 43.3 Å². The van der Waals surface area contributed by atoms with E-state index >= 15 is 0 Å².